The van der Waals surface area contributed by atoms with E-state index < -0.39 is 10.0 Å². The van der Waals surface area contributed by atoms with E-state index in [4.69, 9.17) is 0 Å². The number of sulfonamides is 1. The van der Waals surface area contributed by atoms with Crippen LogP contribution < -0.4 is 9.60 Å². The van der Waals surface area contributed by atoms with Crippen LogP contribution >= 0.6 is 33.9 Å². The maximum Gasteiger partial charge on any atom is 0.306 e. The van der Waals surface area contributed by atoms with Gasteiger partial charge in [0.2, 0.25) is 0 Å². The van der Waals surface area contributed by atoms with E-state index in [2.05, 4.69) is 32.3 Å². The van der Waals surface area contributed by atoms with Gasteiger partial charge in [0.25, 0.3) is 10.0 Å². The molecule has 0 saturated heterocycles. The Morgan fingerprint density at radius 1 is 1.28 bits per heavy atom. The minimum atomic E-state index is -3.70. The number of anilines is 1. The van der Waals surface area contributed by atoms with Crippen molar-refractivity contribution in [3.05, 3.63) is 43.2 Å². The van der Waals surface area contributed by atoms with E-state index >= 15 is 0 Å². The molecule has 2 rings (SSSR count). The maximum absolute atomic E-state index is 12.1. The zero-order valence-corrected chi connectivity index (χ0v) is 13.0. The van der Waals surface area contributed by atoms with E-state index in [1.807, 2.05) is 0 Å². The highest BCUT2D eigenvalue weighted by Gasteiger charge is 2.20. The summed E-state index contributed by atoms with van der Waals surface area (Å²) in [7, 11) is -3.70. The second kappa shape index (κ2) is 5.02. The average Bonchev–Trinajstić information content (AvgIpc) is 2.62. The van der Waals surface area contributed by atoms with Crippen molar-refractivity contribution in [2.24, 2.45) is 0 Å². The van der Waals surface area contributed by atoms with Gasteiger partial charge in [-0.25, -0.2) is 8.42 Å². The first kappa shape index (κ1) is 13.6. The number of aryl methyl sites for hydroxylation is 1. The number of H-pyrrole nitrogens is 1. The van der Waals surface area contributed by atoms with Gasteiger partial charge in [-0.3, -0.25) is 9.52 Å². The zero-order chi connectivity index (χ0) is 13.3. The Morgan fingerprint density at radius 3 is 2.39 bits per heavy atom. The molecule has 5 nitrogen and oxygen atoms in total. The molecular weight excluding hydrogens is 387 g/mol. The monoisotopic (exact) mass is 396 g/mol. The predicted molar refractivity (Wildman–Crippen MR) is 79.6 cm³/mol. The summed E-state index contributed by atoms with van der Waals surface area (Å²) in [5.74, 6) is 0. The third-order valence-corrected chi connectivity index (χ3v) is 5.83. The number of aromatic nitrogens is 1. The van der Waals surface area contributed by atoms with Crippen molar-refractivity contribution in [2.75, 3.05) is 4.72 Å². The van der Waals surface area contributed by atoms with Gasteiger partial charge in [0.05, 0.1) is 0 Å². The summed E-state index contributed by atoms with van der Waals surface area (Å²) in [6.07, 6.45) is 0. The third kappa shape index (κ3) is 2.93. The molecule has 1 aromatic carbocycles. The largest absolute Gasteiger partial charge is 0.315 e. The quantitative estimate of drug-likeness (QED) is 0.781. The van der Waals surface area contributed by atoms with Crippen LogP contribution in [0.15, 0.2) is 33.3 Å². The van der Waals surface area contributed by atoms with Gasteiger partial charge < -0.3 is 4.98 Å². The Kier molecular flexibility index (Phi) is 3.78. The van der Waals surface area contributed by atoms with Gasteiger partial charge in [0.1, 0.15) is 0 Å². The molecule has 0 amide bonds. The number of thiazole rings is 1. The Bertz CT molecular complexity index is 716. The molecule has 0 atom stereocenters. The summed E-state index contributed by atoms with van der Waals surface area (Å²) in [5, 5.41) is 0. The standard InChI is InChI=1S/C10H9IN2O3S2/c1-6-9(17-10(14)12-6)18(15,16)13-8-4-2-7(11)3-5-8/h2-5,13H,1H3,(H,12,14). The van der Waals surface area contributed by atoms with Crippen LogP contribution in [0.3, 0.4) is 0 Å². The Balaban J connectivity index is 2.36. The Hall–Kier alpha value is -0.870. The number of halogens is 1. The summed E-state index contributed by atoms with van der Waals surface area (Å²) in [6, 6.07) is 6.93. The second-order valence-electron chi connectivity index (χ2n) is 3.54. The molecule has 2 N–H and O–H groups in total. The van der Waals surface area contributed by atoms with Crippen molar-refractivity contribution in [1.82, 2.24) is 4.98 Å². The van der Waals surface area contributed by atoms with Gasteiger partial charge in [-0.1, -0.05) is 11.3 Å². The summed E-state index contributed by atoms with van der Waals surface area (Å²) >= 11 is 2.81. The van der Waals surface area contributed by atoms with Crippen molar-refractivity contribution in [2.45, 2.75) is 11.1 Å². The molecule has 0 bridgehead atoms. The molecule has 0 aliphatic rings. The first-order chi connectivity index (χ1) is 8.38. The highest BCUT2D eigenvalue weighted by atomic mass is 127. The van der Waals surface area contributed by atoms with Crippen molar-refractivity contribution in [3.63, 3.8) is 0 Å². The molecule has 2 aromatic rings. The molecule has 0 unspecified atom stereocenters. The van der Waals surface area contributed by atoms with Crippen LogP contribution in [-0.2, 0) is 10.0 Å². The normalized spacial score (nSPS) is 11.4. The topological polar surface area (TPSA) is 79.0 Å². The molecule has 1 aromatic heterocycles. The number of rotatable bonds is 3. The van der Waals surface area contributed by atoms with E-state index in [0.717, 1.165) is 3.57 Å². The van der Waals surface area contributed by atoms with Crippen molar-refractivity contribution in [1.29, 1.82) is 0 Å². The minimum absolute atomic E-state index is 0.0195. The number of aromatic amines is 1. The third-order valence-electron chi connectivity index (χ3n) is 2.12. The first-order valence-electron chi connectivity index (χ1n) is 4.86. The van der Waals surface area contributed by atoms with E-state index in [1.165, 1.54) is 0 Å². The summed E-state index contributed by atoms with van der Waals surface area (Å²) in [4.78, 5) is 13.2. The van der Waals surface area contributed by atoms with Crippen molar-refractivity contribution >= 4 is 49.6 Å². The zero-order valence-electron chi connectivity index (χ0n) is 9.23. The molecule has 0 fully saturated rings. The van der Waals surface area contributed by atoms with Crippen LogP contribution in [0.5, 0.6) is 0 Å². The lowest BCUT2D eigenvalue weighted by atomic mass is 10.3. The van der Waals surface area contributed by atoms with Crippen LogP contribution in [0.1, 0.15) is 5.69 Å². The lowest BCUT2D eigenvalue weighted by Gasteiger charge is -2.06. The van der Waals surface area contributed by atoms with Gasteiger partial charge in [-0.2, -0.15) is 0 Å². The van der Waals surface area contributed by atoms with Crippen LogP contribution in [0.25, 0.3) is 0 Å². The first-order valence-corrected chi connectivity index (χ1v) is 8.24. The SMILES string of the molecule is Cc1[nH]c(=O)sc1S(=O)(=O)Nc1ccc(I)cc1. The fourth-order valence-corrected chi connectivity index (χ4v) is 4.09. The molecule has 0 aliphatic heterocycles. The fraction of sp³-hybridized carbons (Fsp3) is 0.100. The fourth-order valence-electron chi connectivity index (χ4n) is 1.37. The van der Waals surface area contributed by atoms with Gasteiger partial charge in [-0.15, -0.1) is 0 Å². The molecule has 1 heterocycles. The second-order valence-corrected chi connectivity index (χ2v) is 7.65. The summed E-state index contributed by atoms with van der Waals surface area (Å²) in [5.41, 5.74) is 0.818. The molecule has 8 heteroatoms. The average molecular weight is 396 g/mol. The number of nitrogens with one attached hydrogen (secondary N) is 2. The minimum Gasteiger partial charge on any atom is -0.315 e. The number of hydrogen-bond acceptors (Lipinski definition) is 4. The molecular formula is C10H9IN2O3S2. The molecule has 18 heavy (non-hydrogen) atoms. The van der Waals surface area contributed by atoms with E-state index in [9.17, 15) is 13.2 Å². The van der Waals surface area contributed by atoms with E-state index in [0.29, 0.717) is 22.7 Å². The Morgan fingerprint density at radius 2 is 1.89 bits per heavy atom. The number of benzene rings is 1. The van der Waals surface area contributed by atoms with Crippen molar-refractivity contribution < 1.29 is 8.42 Å². The molecule has 0 spiro atoms. The van der Waals surface area contributed by atoms with Crippen LogP contribution in [0.4, 0.5) is 5.69 Å². The van der Waals surface area contributed by atoms with Gasteiger partial charge in [0.15, 0.2) is 4.21 Å². The highest BCUT2D eigenvalue weighted by molar-refractivity contribution is 14.1. The summed E-state index contributed by atoms with van der Waals surface area (Å²) < 4.78 is 27.6. The lowest BCUT2D eigenvalue weighted by molar-refractivity contribution is 0.602. The Labute approximate surface area is 121 Å². The smallest absolute Gasteiger partial charge is 0.306 e. The maximum atomic E-state index is 12.1. The summed E-state index contributed by atoms with van der Waals surface area (Å²) in [6.45, 7) is 1.56. The van der Waals surface area contributed by atoms with Gasteiger partial charge >= 0.3 is 4.87 Å². The van der Waals surface area contributed by atoms with E-state index in [-0.39, 0.29) is 9.08 Å². The molecule has 0 saturated carbocycles. The van der Waals surface area contributed by atoms with Crippen LogP contribution in [-0.4, -0.2) is 13.4 Å². The van der Waals surface area contributed by atoms with Crippen LogP contribution in [0.2, 0.25) is 0 Å². The molecule has 96 valence electrons. The van der Waals surface area contributed by atoms with Gasteiger partial charge in [-0.05, 0) is 53.8 Å². The highest BCUT2D eigenvalue weighted by Crippen LogP contribution is 2.20. The van der Waals surface area contributed by atoms with Gasteiger partial charge in [0, 0.05) is 15.0 Å². The molecule has 0 radical (unpaired) electrons. The lowest BCUT2D eigenvalue weighted by Crippen LogP contribution is -2.12. The molecule has 0 aliphatic carbocycles. The van der Waals surface area contributed by atoms with Crippen molar-refractivity contribution in [3.8, 4) is 0 Å². The van der Waals surface area contributed by atoms with Crippen LogP contribution in [0, 0.1) is 10.5 Å². The van der Waals surface area contributed by atoms with E-state index in [1.54, 1.807) is 31.2 Å². The number of hydrogen-bond donors (Lipinski definition) is 2. The predicted octanol–water partition coefficient (Wildman–Crippen LogP) is 2.15.